The summed E-state index contributed by atoms with van der Waals surface area (Å²) in [6.45, 7) is 2.90. The summed E-state index contributed by atoms with van der Waals surface area (Å²) < 4.78 is 30.0. The number of fused-ring (bicyclic) bond motifs is 1. The Morgan fingerprint density at radius 1 is 1.21 bits per heavy atom. The number of aryl methyl sites for hydroxylation is 1. The van der Waals surface area contributed by atoms with Crippen LogP contribution in [0.1, 0.15) is 18.9 Å². The van der Waals surface area contributed by atoms with Gasteiger partial charge in [-0.3, -0.25) is 0 Å². The number of hydrogen-bond donors (Lipinski definition) is 1. The molecule has 0 fully saturated rings. The van der Waals surface area contributed by atoms with Crippen LogP contribution in [0.3, 0.4) is 0 Å². The molecule has 2 aromatic heterocycles. The average molecular weight is 364 g/mol. The molecule has 5 nitrogen and oxygen atoms in total. The first-order valence-corrected chi connectivity index (χ1v) is 9.56. The van der Waals surface area contributed by atoms with Gasteiger partial charge in [0.05, 0.1) is 0 Å². The molecule has 0 spiro atoms. The number of sulfonamides is 1. The van der Waals surface area contributed by atoms with Gasteiger partial charge < -0.3 is 4.57 Å². The highest BCUT2D eigenvalue weighted by Gasteiger charge is 2.21. The number of halogens is 1. The highest BCUT2D eigenvalue weighted by molar-refractivity contribution is 7.89. The first-order chi connectivity index (χ1) is 11.5. The molecule has 0 unspecified atom stereocenters. The van der Waals surface area contributed by atoms with Gasteiger partial charge in [0.1, 0.15) is 10.5 Å². The maximum atomic E-state index is 12.8. The van der Waals surface area contributed by atoms with Gasteiger partial charge in [0, 0.05) is 35.9 Å². The number of nitrogens with one attached hydrogen (secondary N) is 1. The molecule has 126 valence electrons. The van der Waals surface area contributed by atoms with Gasteiger partial charge in [0.15, 0.2) is 0 Å². The molecule has 3 rings (SSSR count). The van der Waals surface area contributed by atoms with Crippen molar-refractivity contribution in [1.82, 2.24) is 14.3 Å². The van der Waals surface area contributed by atoms with Crippen molar-refractivity contribution in [3.63, 3.8) is 0 Å². The van der Waals surface area contributed by atoms with Crippen LogP contribution in [0.25, 0.3) is 11.0 Å². The Balaban J connectivity index is 1.95. The van der Waals surface area contributed by atoms with Crippen molar-refractivity contribution in [2.75, 3.05) is 0 Å². The fraction of sp³-hybridized carbons (Fsp3) is 0.235. The second kappa shape index (κ2) is 6.93. The van der Waals surface area contributed by atoms with Gasteiger partial charge in [0.2, 0.25) is 10.0 Å². The molecule has 1 aromatic carbocycles. The number of rotatable bonds is 6. The predicted octanol–water partition coefficient (Wildman–Crippen LogP) is 3.58. The van der Waals surface area contributed by atoms with Crippen molar-refractivity contribution < 1.29 is 8.42 Å². The lowest BCUT2D eigenvalue weighted by molar-refractivity contribution is 0.581. The van der Waals surface area contributed by atoms with E-state index >= 15 is 0 Å². The lowest BCUT2D eigenvalue weighted by Gasteiger charge is -2.07. The van der Waals surface area contributed by atoms with Gasteiger partial charge in [-0.15, -0.1) is 0 Å². The van der Waals surface area contributed by atoms with Gasteiger partial charge in [-0.2, -0.15) is 0 Å². The molecule has 0 aliphatic heterocycles. The molecule has 2 heterocycles. The molecule has 0 atom stereocenters. The largest absolute Gasteiger partial charge is 0.331 e. The van der Waals surface area contributed by atoms with Crippen LogP contribution in [0.5, 0.6) is 0 Å². The molecule has 3 aromatic rings. The van der Waals surface area contributed by atoms with E-state index < -0.39 is 10.0 Å². The lowest BCUT2D eigenvalue weighted by atomic mass is 10.2. The molecule has 0 radical (unpaired) electrons. The summed E-state index contributed by atoms with van der Waals surface area (Å²) >= 11 is 6.09. The Kier molecular flexibility index (Phi) is 4.89. The molecule has 7 heteroatoms. The second-order valence-corrected chi connectivity index (χ2v) is 7.62. The summed E-state index contributed by atoms with van der Waals surface area (Å²) in [5.41, 5.74) is 1.41. The Bertz CT molecular complexity index is 967. The highest BCUT2D eigenvalue weighted by Crippen LogP contribution is 2.24. The van der Waals surface area contributed by atoms with Crippen LogP contribution in [-0.2, 0) is 23.1 Å². The van der Waals surface area contributed by atoms with E-state index in [1.54, 1.807) is 36.7 Å². The lowest BCUT2D eigenvalue weighted by Crippen LogP contribution is -2.23. The molecular weight excluding hydrogens is 346 g/mol. The zero-order valence-corrected chi connectivity index (χ0v) is 14.8. The minimum atomic E-state index is -3.67. The molecule has 0 saturated heterocycles. The van der Waals surface area contributed by atoms with Crippen LogP contribution in [0, 0.1) is 0 Å². The first-order valence-electron chi connectivity index (χ1n) is 7.70. The highest BCUT2D eigenvalue weighted by atomic mass is 35.5. The predicted molar refractivity (Wildman–Crippen MR) is 95.5 cm³/mol. The van der Waals surface area contributed by atoms with E-state index in [2.05, 4.69) is 9.71 Å². The van der Waals surface area contributed by atoms with E-state index in [0.717, 1.165) is 12.0 Å². The Hall–Kier alpha value is -1.89. The van der Waals surface area contributed by atoms with E-state index in [9.17, 15) is 8.42 Å². The van der Waals surface area contributed by atoms with Crippen molar-refractivity contribution >= 4 is 32.7 Å². The van der Waals surface area contributed by atoms with E-state index in [0.29, 0.717) is 22.6 Å². The Morgan fingerprint density at radius 3 is 2.75 bits per heavy atom. The van der Waals surface area contributed by atoms with Gasteiger partial charge in [0.25, 0.3) is 0 Å². The monoisotopic (exact) mass is 363 g/mol. The third-order valence-electron chi connectivity index (χ3n) is 3.76. The molecular formula is C17H18ClN3O2S. The van der Waals surface area contributed by atoms with Crippen LogP contribution in [0.15, 0.2) is 53.7 Å². The topological polar surface area (TPSA) is 64.0 Å². The molecule has 24 heavy (non-hydrogen) atoms. The Morgan fingerprint density at radius 2 is 2.00 bits per heavy atom. The standard InChI is InChI=1S/C17H18ClN3O2S/c1-2-10-21-12-16(14-7-5-9-19-17(14)21)24(22,23)20-11-13-6-3-4-8-15(13)18/h3-9,12,20H,2,10-11H2,1H3. The van der Waals surface area contributed by atoms with Crippen LogP contribution in [-0.4, -0.2) is 18.0 Å². The minimum absolute atomic E-state index is 0.142. The molecule has 1 N–H and O–H groups in total. The van der Waals surface area contributed by atoms with Gasteiger partial charge in [-0.1, -0.05) is 36.7 Å². The van der Waals surface area contributed by atoms with Crippen molar-refractivity contribution in [3.05, 3.63) is 59.4 Å². The average Bonchev–Trinajstić information content (AvgIpc) is 2.94. The van der Waals surface area contributed by atoms with Crippen LogP contribution < -0.4 is 4.72 Å². The third-order valence-corrected chi connectivity index (χ3v) is 5.56. The molecule has 0 bridgehead atoms. The van der Waals surface area contributed by atoms with E-state index in [4.69, 9.17) is 11.6 Å². The van der Waals surface area contributed by atoms with E-state index in [-0.39, 0.29) is 11.4 Å². The fourth-order valence-corrected chi connectivity index (χ4v) is 4.03. The SMILES string of the molecule is CCCn1cc(S(=O)(=O)NCc2ccccc2Cl)c2cccnc21. The normalized spacial score (nSPS) is 11.9. The van der Waals surface area contributed by atoms with Crippen molar-refractivity contribution in [3.8, 4) is 0 Å². The summed E-state index contributed by atoms with van der Waals surface area (Å²) in [5, 5.41) is 1.16. The molecule has 0 amide bonds. The number of nitrogens with zero attached hydrogens (tertiary/aromatic N) is 2. The third kappa shape index (κ3) is 3.31. The summed E-state index contributed by atoms with van der Waals surface area (Å²) in [7, 11) is -3.67. The summed E-state index contributed by atoms with van der Waals surface area (Å²) in [6, 6.07) is 10.7. The molecule has 0 saturated carbocycles. The van der Waals surface area contributed by atoms with Crippen molar-refractivity contribution in [1.29, 1.82) is 0 Å². The van der Waals surface area contributed by atoms with E-state index in [1.165, 1.54) is 0 Å². The van der Waals surface area contributed by atoms with Crippen molar-refractivity contribution in [2.45, 2.75) is 31.3 Å². The van der Waals surface area contributed by atoms with Crippen LogP contribution >= 0.6 is 11.6 Å². The van der Waals surface area contributed by atoms with Crippen LogP contribution in [0.4, 0.5) is 0 Å². The van der Waals surface area contributed by atoms with Gasteiger partial charge >= 0.3 is 0 Å². The number of aromatic nitrogens is 2. The van der Waals surface area contributed by atoms with Crippen LogP contribution in [0.2, 0.25) is 5.02 Å². The second-order valence-electron chi connectivity index (χ2n) is 5.48. The maximum Gasteiger partial charge on any atom is 0.243 e. The minimum Gasteiger partial charge on any atom is -0.331 e. The molecule has 0 aliphatic carbocycles. The molecule has 0 aliphatic rings. The number of hydrogen-bond acceptors (Lipinski definition) is 3. The number of benzene rings is 1. The maximum absolute atomic E-state index is 12.8. The fourth-order valence-electron chi connectivity index (χ4n) is 2.61. The first kappa shape index (κ1) is 17.0. The van der Waals surface area contributed by atoms with Gasteiger partial charge in [-0.05, 0) is 30.2 Å². The smallest absolute Gasteiger partial charge is 0.243 e. The van der Waals surface area contributed by atoms with Crippen molar-refractivity contribution in [2.24, 2.45) is 0 Å². The Labute approximate surface area is 146 Å². The summed E-state index contributed by atoms with van der Waals surface area (Å²) in [5.74, 6) is 0. The quantitative estimate of drug-likeness (QED) is 0.728. The summed E-state index contributed by atoms with van der Waals surface area (Å²) in [4.78, 5) is 4.56. The zero-order chi connectivity index (χ0) is 17.2. The van der Waals surface area contributed by atoms with E-state index in [1.807, 2.05) is 23.6 Å². The van der Waals surface area contributed by atoms with Gasteiger partial charge in [-0.25, -0.2) is 18.1 Å². The number of pyridine rings is 1. The zero-order valence-electron chi connectivity index (χ0n) is 13.2. The summed E-state index contributed by atoms with van der Waals surface area (Å²) in [6.07, 6.45) is 4.21.